The normalized spacial score (nSPS) is 17.8. The van der Waals surface area contributed by atoms with Gasteiger partial charge >= 0.3 is 0 Å². The molecule has 5 nitrogen and oxygen atoms in total. The summed E-state index contributed by atoms with van der Waals surface area (Å²) in [5.74, 6) is 0. The highest BCUT2D eigenvalue weighted by atomic mass is 35.5. The van der Waals surface area contributed by atoms with Gasteiger partial charge in [-0.3, -0.25) is 9.97 Å². The van der Waals surface area contributed by atoms with E-state index >= 15 is 0 Å². The van der Waals surface area contributed by atoms with Crippen molar-refractivity contribution in [3.8, 4) is 5.69 Å². The lowest BCUT2D eigenvalue weighted by atomic mass is 9.96. The lowest BCUT2D eigenvalue weighted by molar-refractivity contribution is 0.310. The number of pyridine rings is 2. The third kappa shape index (κ3) is 4.08. The molecule has 0 unspecified atom stereocenters. The molecule has 0 radical (unpaired) electrons. The molecule has 0 aliphatic carbocycles. The van der Waals surface area contributed by atoms with Crippen LogP contribution in [-0.4, -0.2) is 24.5 Å². The van der Waals surface area contributed by atoms with E-state index in [1.54, 1.807) is 0 Å². The number of hydrogen-bond acceptors (Lipinski definition) is 3. The Kier molecular flexibility index (Phi) is 6.11. The molecule has 172 valence electrons. The van der Waals surface area contributed by atoms with Crippen molar-refractivity contribution in [3.63, 3.8) is 0 Å². The minimum atomic E-state index is -0.0649. The molecule has 7 heteroatoms. The van der Waals surface area contributed by atoms with Gasteiger partial charge in [-0.25, -0.2) is 0 Å². The first-order valence-corrected chi connectivity index (χ1v) is 12.0. The summed E-state index contributed by atoms with van der Waals surface area (Å²) in [7, 11) is 0. The monoisotopic (exact) mass is 487 g/mol. The Morgan fingerprint density at radius 2 is 1.79 bits per heavy atom. The highest BCUT2D eigenvalue weighted by Crippen LogP contribution is 2.42. The number of nitrogens with zero attached hydrogens (tertiary/aromatic N) is 4. The summed E-state index contributed by atoms with van der Waals surface area (Å²) in [5, 5.41) is 5.00. The van der Waals surface area contributed by atoms with Gasteiger partial charge in [0.25, 0.3) is 0 Å². The van der Waals surface area contributed by atoms with Crippen molar-refractivity contribution in [2.75, 3.05) is 0 Å². The van der Waals surface area contributed by atoms with Crippen LogP contribution in [0.3, 0.4) is 0 Å². The van der Waals surface area contributed by atoms with Gasteiger partial charge in [0.05, 0.1) is 17.8 Å². The van der Waals surface area contributed by atoms with E-state index in [1.165, 1.54) is 16.8 Å². The predicted molar refractivity (Wildman–Crippen MR) is 140 cm³/mol. The van der Waals surface area contributed by atoms with Crippen molar-refractivity contribution in [2.45, 2.75) is 39.4 Å². The molecule has 0 bridgehead atoms. The van der Waals surface area contributed by atoms with E-state index in [4.69, 9.17) is 23.8 Å². The van der Waals surface area contributed by atoms with Crippen LogP contribution in [-0.2, 0) is 6.54 Å². The second-order valence-electron chi connectivity index (χ2n) is 8.70. The van der Waals surface area contributed by atoms with E-state index in [0.717, 1.165) is 32.8 Å². The Labute approximate surface area is 210 Å². The van der Waals surface area contributed by atoms with Crippen molar-refractivity contribution in [1.82, 2.24) is 24.8 Å². The quantitative estimate of drug-likeness (QED) is 0.349. The van der Waals surface area contributed by atoms with Gasteiger partial charge in [-0.1, -0.05) is 23.7 Å². The number of thiocarbonyl (C=S) groups is 1. The van der Waals surface area contributed by atoms with Crippen molar-refractivity contribution in [3.05, 3.63) is 112 Å². The van der Waals surface area contributed by atoms with Gasteiger partial charge in [0.15, 0.2) is 5.11 Å². The smallest absolute Gasteiger partial charge is 0.170 e. The summed E-state index contributed by atoms with van der Waals surface area (Å²) in [6, 6.07) is 18.3. The largest absolute Gasteiger partial charge is 0.352 e. The maximum Gasteiger partial charge on any atom is 0.170 e. The minimum Gasteiger partial charge on any atom is -0.352 e. The van der Waals surface area contributed by atoms with Crippen LogP contribution in [0, 0.1) is 20.8 Å². The molecule has 1 aliphatic rings. The van der Waals surface area contributed by atoms with Gasteiger partial charge in [-0.15, -0.1) is 0 Å². The van der Waals surface area contributed by atoms with Crippen molar-refractivity contribution in [2.24, 2.45) is 0 Å². The average molecular weight is 488 g/mol. The number of hydrogen-bond donors (Lipinski definition) is 1. The number of benzene rings is 1. The molecular formula is C27H26ClN5S. The van der Waals surface area contributed by atoms with E-state index in [9.17, 15) is 0 Å². The molecule has 1 fully saturated rings. The second kappa shape index (κ2) is 9.20. The standard InChI is InChI=1S/C27H26ClN5S/c1-17-7-8-21(28)15-24(17)33-18(2)14-22(19(33)3)26-25(23-6-4-5-11-30-23)31-27(34)32(26)16-20-9-12-29-13-10-20/h4-15,25-26H,16H2,1-3H3,(H,31,34)/t25-,26+/m0/s1. The van der Waals surface area contributed by atoms with Crippen molar-refractivity contribution < 1.29 is 0 Å². The Balaban J connectivity index is 1.64. The van der Waals surface area contributed by atoms with Gasteiger partial charge in [0.1, 0.15) is 0 Å². The lowest BCUT2D eigenvalue weighted by Gasteiger charge is -2.28. The van der Waals surface area contributed by atoms with Crippen LogP contribution in [0.1, 0.15) is 45.9 Å². The fraction of sp³-hybridized carbons (Fsp3) is 0.222. The van der Waals surface area contributed by atoms with Crippen LogP contribution in [0.2, 0.25) is 5.02 Å². The number of halogens is 1. The Hall–Kier alpha value is -3.22. The van der Waals surface area contributed by atoms with Crippen LogP contribution in [0.4, 0.5) is 0 Å². The molecule has 1 aliphatic heterocycles. The summed E-state index contributed by atoms with van der Waals surface area (Å²) >= 11 is 12.2. The van der Waals surface area contributed by atoms with Crippen LogP contribution in [0.15, 0.2) is 73.2 Å². The molecule has 34 heavy (non-hydrogen) atoms. The number of aryl methyl sites for hydroxylation is 2. The van der Waals surface area contributed by atoms with Gasteiger partial charge in [-0.05, 0) is 92.1 Å². The van der Waals surface area contributed by atoms with E-state index in [-0.39, 0.29) is 12.1 Å². The zero-order chi connectivity index (χ0) is 23.8. The zero-order valence-corrected chi connectivity index (χ0v) is 20.9. The fourth-order valence-corrected chi connectivity index (χ4v) is 5.35. The zero-order valence-electron chi connectivity index (χ0n) is 19.4. The Bertz CT molecular complexity index is 1340. The highest BCUT2D eigenvalue weighted by Gasteiger charge is 2.41. The summed E-state index contributed by atoms with van der Waals surface area (Å²) in [5.41, 5.74) is 7.93. The Morgan fingerprint density at radius 1 is 1.00 bits per heavy atom. The molecule has 1 N–H and O–H groups in total. The van der Waals surface area contributed by atoms with E-state index in [1.807, 2.05) is 55.0 Å². The molecule has 4 heterocycles. The third-order valence-electron chi connectivity index (χ3n) is 6.50. The van der Waals surface area contributed by atoms with E-state index < -0.39 is 0 Å². The first-order valence-electron chi connectivity index (χ1n) is 11.3. The molecule has 3 aromatic heterocycles. The maximum atomic E-state index is 6.38. The molecule has 4 aromatic rings. The molecule has 0 spiro atoms. The highest BCUT2D eigenvalue weighted by molar-refractivity contribution is 7.80. The average Bonchev–Trinajstić information content (AvgIpc) is 3.31. The Morgan fingerprint density at radius 3 is 2.53 bits per heavy atom. The minimum absolute atomic E-state index is 0.0185. The first-order chi connectivity index (χ1) is 16.4. The van der Waals surface area contributed by atoms with Crippen molar-refractivity contribution in [1.29, 1.82) is 0 Å². The van der Waals surface area contributed by atoms with E-state index in [2.05, 4.69) is 63.7 Å². The van der Waals surface area contributed by atoms with E-state index in [0.29, 0.717) is 6.54 Å². The molecular weight excluding hydrogens is 462 g/mol. The van der Waals surface area contributed by atoms with Gasteiger partial charge in [0, 0.05) is 47.2 Å². The third-order valence-corrected chi connectivity index (χ3v) is 7.09. The van der Waals surface area contributed by atoms with Crippen LogP contribution in [0.25, 0.3) is 5.69 Å². The first kappa shape index (κ1) is 22.6. The number of nitrogens with one attached hydrogen (secondary N) is 1. The maximum absolute atomic E-state index is 6.38. The summed E-state index contributed by atoms with van der Waals surface area (Å²) in [6.07, 6.45) is 5.48. The summed E-state index contributed by atoms with van der Waals surface area (Å²) in [6.45, 7) is 7.11. The lowest BCUT2D eigenvalue weighted by Crippen LogP contribution is -2.29. The topological polar surface area (TPSA) is 46.0 Å². The molecule has 1 saturated heterocycles. The molecule has 1 aromatic carbocycles. The SMILES string of the molecule is Cc1ccc(Cl)cc1-n1c(C)cc([C@@H]2[C@H](c3ccccn3)NC(=S)N2Cc2ccncc2)c1C. The predicted octanol–water partition coefficient (Wildman–Crippen LogP) is 6.02. The summed E-state index contributed by atoms with van der Waals surface area (Å²) in [4.78, 5) is 11.1. The molecule has 2 atom stereocenters. The van der Waals surface area contributed by atoms with Gasteiger partial charge < -0.3 is 14.8 Å². The fourth-order valence-electron chi connectivity index (χ4n) is 4.88. The molecule has 0 saturated carbocycles. The summed E-state index contributed by atoms with van der Waals surface area (Å²) < 4.78 is 2.29. The van der Waals surface area contributed by atoms with Gasteiger partial charge in [0.2, 0.25) is 0 Å². The molecule has 0 amide bonds. The molecule has 5 rings (SSSR count). The van der Waals surface area contributed by atoms with Gasteiger partial charge in [-0.2, -0.15) is 0 Å². The second-order valence-corrected chi connectivity index (χ2v) is 9.53. The van der Waals surface area contributed by atoms with Crippen LogP contribution in [0.5, 0.6) is 0 Å². The van der Waals surface area contributed by atoms with Crippen LogP contribution >= 0.6 is 23.8 Å². The van der Waals surface area contributed by atoms with Crippen molar-refractivity contribution >= 4 is 28.9 Å². The van der Waals surface area contributed by atoms with Crippen LogP contribution < -0.4 is 5.32 Å². The number of rotatable bonds is 5. The number of aromatic nitrogens is 3.